The molecule has 1 aliphatic rings. The van der Waals surface area contributed by atoms with E-state index in [1.807, 2.05) is 27.8 Å². The van der Waals surface area contributed by atoms with Gasteiger partial charge in [0.2, 0.25) is 0 Å². The molecule has 0 amide bonds. The number of nitrogens with one attached hydrogen (secondary N) is 2. The molecule has 136 valence electrons. The molecule has 0 fully saturated rings. The molecule has 0 aromatic carbocycles. The Hall–Kier alpha value is -1.99. The Bertz CT molecular complexity index is 841. The van der Waals surface area contributed by atoms with Crippen LogP contribution in [0.2, 0.25) is 0 Å². The molecule has 1 atom stereocenters. The molecule has 8 heteroatoms. The third-order valence-electron chi connectivity index (χ3n) is 4.40. The number of likely N-dealkylation sites (N-methyl/N-ethyl adjacent to an activating group) is 1. The number of aromatic nitrogens is 3. The Morgan fingerprint density at radius 3 is 2.72 bits per heavy atom. The largest absolute Gasteiger partial charge is 0.334 e. The summed E-state index contributed by atoms with van der Waals surface area (Å²) in [5.74, 6) is 0.703. The van der Waals surface area contributed by atoms with Crippen molar-refractivity contribution in [2.24, 2.45) is 5.41 Å². The maximum absolute atomic E-state index is 12.4. The van der Waals surface area contributed by atoms with Crippen LogP contribution in [-0.4, -0.2) is 34.0 Å². The van der Waals surface area contributed by atoms with E-state index < -0.39 is 0 Å². The molecule has 2 heterocycles. The van der Waals surface area contributed by atoms with E-state index in [9.17, 15) is 9.59 Å². The Labute approximate surface area is 152 Å². The minimum atomic E-state index is -0.309. The normalized spacial score (nSPS) is 16.9. The van der Waals surface area contributed by atoms with Gasteiger partial charge in [-0.3, -0.25) is 9.59 Å². The predicted octanol–water partition coefficient (Wildman–Crippen LogP) is 2.15. The smallest absolute Gasteiger partial charge is 0.263 e. The average molecular weight is 367 g/mol. The highest BCUT2D eigenvalue weighted by Crippen LogP contribution is 2.34. The number of halogens is 1. The van der Waals surface area contributed by atoms with E-state index in [2.05, 4.69) is 20.4 Å². The molecule has 0 aliphatic heterocycles. The van der Waals surface area contributed by atoms with Crippen molar-refractivity contribution in [2.45, 2.75) is 46.1 Å². The monoisotopic (exact) mass is 366 g/mol. The van der Waals surface area contributed by atoms with Crippen LogP contribution in [0.5, 0.6) is 0 Å². The molecule has 1 aliphatic carbocycles. The van der Waals surface area contributed by atoms with Crippen molar-refractivity contribution in [3.63, 3.8) is 0 Å². The number of hydrogen-bond donors (Lipinski definition) is 2. The van der Waals surface area contributed by atoms with Gasteiger partial charge in [-0.05, 0) is 31.9 Å². The van der Waals surface area contributed by atoms with Crippen LogP contribution in [0.4, 0.5) is 0 Å². The SMILES string of the molecule is CNC(C)Cc1noc(-c2cc3c([nH]c2=O)CC(C)(C)CC3=O)n1.Cl. The van der Waals surface area contributed by atoms with Crippen molar-refractivity contribution in [3.05, 3.63) is 33.5 Å². The molecule has 7 nitrogen and oxygen atoms in total. The molecule has 25 heavy (non-hydrogen) atoms. The maximum Gasteiger partial charge on any atom is 0.263 e. The quantitative estimate of drug-likeness (QED) is 0.859. The number of hydrogen-bond acceptors (Lipinski definition) is 6. The zero-order valence-corrected chi connectivity index (χ0v) is 15.6. The first kappa shape index (κ1) is 19.3. The van der Waals surface area contributed by atoms with Crippen LogP contribution < -0.4 is 10.9 Å². The van der Waals surface area contributed by atoms with Crippen molar-refractivity contribution in [1.29, 1.82) is 0 Å². The molecule has 3 rings (SSSR count). The summed E-state index contributed by atoms with van der Waals surface area (Å²) in [6.45, 7) is 6.04. The van der Waals surface area contributed by atoms with Gasteiger partial charge in [-0.2, -0.15) is 4.98 Å². The number of H-pyrrole nitrogens is 1. The highest BCUT2D eigenvalue weighted by molar-refractivity contribution is 5.99. The van der Waals surface area contributed by atoms with Crippen molar-refractivity contribution in [1.82, 2.24) is 20.4 Å². The zero-order chi connectivity index (χ0) is 17.5. The second-order valence-electron chi connectivity index (χ2n) is 7.25. The average Bonchev–Trinajstić information content (AvgIpc) is 2.93. The van der Waals surface area contributed by atoms with Crippen LogP contribution in [0.3, 0.4) is 0 Å². The van der Waals surface area contributed by atoms with Gasteiger partial charge in [0.25, 0.3) is 11.4 Å². The summed E-state index contributed by atoms with van der Waals surface area (Å²) in [6.07, 6.45) is 1.72. The fraction of sp³-hybridized carbons (Fsp3) is 0.529. The summed E-state index contributed by atoms with van der Waals surface area (Å²) in [4.78, 5) is 31.9. The molecule has 0 spiro atoms. The Kier molecular flexibility index (Phi) is 5.49. The van der Waals surface area contributed by atoms with E-state index in [0.717, 1.165) is 0 Å². The number of nitrogens with zero attached hydrogens (tertiary/aromatic N) is 2. The second kappa shape index (κ2) is 7.09. The fourth-order valence-corrected chi connectivity index (χ4v) is 3.01. The van der Waals surface area contributed by atoms with Crippen LogP contribution in [0.15, 0.2) is 15.4 Å². The lowest BCUT2D eigenvalue weighted by Gasteiger charge is -2.29. The standard InChI is InChI=1S/C17H22N4O3.ClH/c1-9(18-4)5-14-20-16(24-21-14)11-6-10-12(19-15(11)23)7-17(2,3)8-13(10)22;/h6,9,18H,5,7-8H2,1-4H3,(H,19,23);1H. The van der Waals surface area contributed by atoms with Crippen LogP contribution in [0.25, 0.3) is 11.5 Å². The number of Topliss-reactive ketones (excluding diaryl/α,β-unsaturated/α-hetero) is 1. The van der Waals surface area contributed by atoms with E-state index in [0.29, 0.717) is 36.3 Å². The molecular weight excluding hydrogens is 344 g/mol. The number of carbonyl (C=O) groups excluding carboxylic acids is 1. The number of aromatic amines is 1. The first-order valence-corrected chi connectivity index (χ1v) is 8.09. The second-order valence-corrected chi connectivity index (χ2v) is 7.25. The minimum Gasteiger partial charge on any atom is -0.334 e. The molecule has 0 saturated heterocycles. The van der Waals surface area contributed by atoms with Gasteiger partial charge in [0.15, 0.2) is 11.6 Å². The van der Waals surface area contributed by atoms with Gasteiger partial charge in [0, 0.05) is 30.1 Å². The van der Waals surface area contributed by atoms with E-state index in [1.165, 1.54) is 0 Å². The minimum absolute atomic E-state index is 0. The van der Waals surface area contributed by atoms with Crippen LogP contribution >= 0.6 is 12.4 Å². The number of carbonyl (C=O) groups is 1. The van der Waals surface area contributed by atoms with Crippen molar-refractivity contribution in [3.8, 4) is 11.5 Å². The summed E-state index contributed by atoms with van der Waals surface area (Å²) in [6, 6.07) is 1.78. The summed E-state index contributed by atoms with van der Waals surface area (Å²) < 4.78 is 5.22. The number of fused-ring (bicyclic) bond motifs is 1. The molecule has 1 unspecified atom stereocenters. The summed E-state index contributed by atoms with van der Waals surface area (Å²) in [5.41, 5.74) is 1.03. The Balaban J connectivity index is 0.00000225. The summed E-state index contributed by atoms with van der Waals surface area (Å²) in [5, 5.41) is 7.01. The number of rotatable bonds is 4. The van der Waals surface area contributed by atoms with Gasteiger partial charge in [0.05, 0.1) is 0 Å². The van der Waals surface area contributed by atoms with E-state index in [4.69, 9.17) is 4.52 Å². The summed E-state index contributed by atoms with van der Waals surface area (Å²) in [7, 11) is 1.85. The molecule has 2 aromatic rings. The zero-order valence-electron chi connectivity index (χ0n) is 14.8. The molecule has 2 aromatic heterocycles. The highest BCUT2D eigenvalue weighted by atomic mass is 35.5. The number of pyridine rings is 1. The van der Waals surface area contributed by atoms with Gasteiger partial charge < -0.3 is 14.8 Å². The fourth-order valence-electron chi connectivity index (χ4n) is 3.01. The maximum atomic E-state index is 12.4. The van der Waals surface area contributed by atoms with E-state index >= 15 is 0 Å². The van der Waals surface area contributed by atoms with Crippen molar-refractivity contribution in [2.75, 3.05) is 7.05 Å². The molecule has 0 saturated carbocycles. The predicted molar refractivity (Wildman–Crippen MR) is 96.3 cm³/mol. The molecule has 0 bridgehead atoms. The highest BCUT2D eigenvalue weighted by Gasteiger charge is 2.32. The molecule has 2 N–H and O–H groups in total. The lowest BCUT2D eigenvalue weighted by atomic mass is 9.75. The summed E-state index contributed by atoms with van der Waals surface area (Å²) >= 11 is 0. The van der Waals surface area contributed by atoms with Gasteiger partial charge in [-0.25, -0.2) is 0 Å². The first-order chi connectivity index (χ1) is 11.3. The third kappa shape index (κ3) is 3.99. The van der Waals surface area contributed by atoms with Crippen molar-refractivity contribution < 1.29 is 9.32 Å². The van der Waals surface area contributed by atoms with Gasteiger partial charge in [-0.1, -0.05) is 19.0 Å². The van der Waals surface area contributed by atoms with Gasteiger partial charge in [-0.15, -0.1) is 12.4 Å². The van der Waals surface area contributed by atoms with E-state index in [1.54, 1.807) is 6.07 Å². The Morgan fingerprint density at radius 1 is 1.32 bits per heavy atom. The number of ketones is 1. The lowest BCUT2D eigenvalue weighted by Crippen LogP contribution is -2.30. The lowest BCUT2D eigenvalue weighted by molar-refractivity contribution is 0.0910. The third-order valence-corrected chi connectivity index (χ3v) is 4.40. The first-order valence-electron chi connectivity index (χ1n) is 8.09. The van der Waals surface area contributed by atoms with Crippen LogP contribution in [0, 0.1) is 5.41 Å². The Morgan fingerprint density at radius 2 is 2.04 bits per heavy atom. The van der Waals surface area contributed by atoms with Gasteiger partial charge >= 0.3 is 0 Å². The molecular formula is C17H23ClN4O3. The topological polar surface area (TPSA) is 101 Å². The van der Waals surface area contributed by atoms with E-state index in [-0.39, 0.29) is 46.7 Å². The van der Waals surface area contributed by atoms with Crippen LogP contribution in [0.1, 0.15) is 49.1 Å². The van der Waals surface area contributed by atoms with Gasteiger partial charge in [0.1, 0.15) is 5.56 Å². The van der Waals surface area contributed by atoms with Crippen LogP contribution in [-0.2, 0) is 12.8 Å². The molecule has 0 radical (unpaired) electrons. The van der Waals surface area contributed by atoms with Crippen molar-refractivity contribution >= 4 is 18.2 Å².